The minimum Gasteiger partial charge on any atom is -0.481 e. The van der Waals surface area contributed by atoms with Gasteiger partial charge in [0.1, 0.15) is 0 Å². The Bertz CT molecular complexity index is 378. The third kappa shape index (κ3) is 4.59. The van der Waals surface area contributed by atoms with Gasteiger partial charge in [0.05, 0.1) is 5.92 Å². The van der Waals surface area contributed by atoms with Crippen molar-refractivity contribution in [1.29, 1.82) is 0 Å². The smallest absolute Gasteiger partial charge is 0.315 e. The summed E-state index contributed by atoms with van der Waals surface area (Å²) in [5.41, 5.74) is 0. The summed E-state index contributed by atoms with van der Waals surface area (Å²) in [5.74, 6) is -0.473. The minimum absolute atomic E-state index is 0.195. The zero-order valence-corrected chi connectivity index (χ0v) is 13.0. The van der Waals surface area contributed by atoms with E-state index in [9.17, 15) is 9.59 Å². The molecule has 3 saturated heterocycles. The average molecular weight is 297 g/mol. The Labute approximate surface area is 126 Å². The van der Waals surface area contributed by atoms with Crippen LogP contribution in [-0.4, -0.2) is 54.2 Å². The van der Waals surface area contributed by atoms with Crippen LogP contribution in [0.3, 0.4) is 0 Å². The van der Waals surface area contributed by atoms with E-state index in [0.29, 0.717) is 18.3 Å². The van der Waals surface area contributed by atoms with Crippen LogP contribution < -0.4 is 10.6 Å². The van der Waals surface area contributed by atoms with Crippen LogP contribution in [-0.2, 0) is 4.79 Å². The van der Waals surface area contributed by atoms with Gasteiger partial charge in [-0.3, -0.25) is 4.79 Å². The molecule has 0 aromatic carbocycles. The average Bonchev–Trinajstić information content (AvgIpc) is 2.44. The van der Waals surface area contributed by atoms with Crippen LogP contribution in [0, 0.1) is 17.8 Å². The maximum absolute atomic E-state index is 12.0. The molecule has 2 atom stereocenters. The van der Waals surface area contributed by atoms with Gasteiger partial charge in [0.25, 0.3) is 0 Å². The lowest BCUT2D eigenvalue weighted by molar-refractivity contribution is -0.142. The van der Waals surface area contributed by atoms with E-state index in [2.05, 4.69) is 15.5 Å². The quantitative estimate of drug-likeness (QED) is 0.686. The van der Waals surface area contributed by atoms with E-state index in [1.165, 1.54) is 0 Å². The van der Waals surface area contributed by atoms with Crippen LogP contribution in [0.25, 0.3) is 0 Å². The molecule has 6 nitrogen and oxygen atoms in total. The lowest BCUT2D eigenvalue weighted by Gasteiger charge is -2.44. The maximum atomic E-state index is 12.0. The van der Waals surface area contributed by atoms with Crippen LogP contribution in [0.1, 0.15) is 33.1 Å². The first-order valence-electron chi connectivity index (χ1n) is 7.95. The SMILES string of the molecule is CC(C)CC(CNC(=O)NC1CN2CCC1CC2)C(=O)O. The van der Waals surface area contributed by atoms with E-state index in [0.717, 1.165) is 32.5 Å². The summed E-state index contributed by atoms with van der Waals surface area (Å²) < 4.78 is 0. The summed E-state index contributed by atoms with van der Waals surface area (Å²) >= 11 is 0. The first-order valence-corrected chi connectivity index (χ1v) is 7.95. The molecule has 21 heavy (non-hydrogen) atoms. The molecule has 120 valence electrons. The number of hydrogen-bond acceptors (Lipinski definition) is 3. The van der Waals surface area contributed by atoms with Crippen molar-refractivity contribution in [2.24, 2.45) is 17.8 Å². The Morgan fingerprint density at radius 2 is 1.95 bits per heavy atom. The molecule has 3 aliphatic rings. The van der Waals surface area contributed by atoms with Gasteiger partial charge in [0.2, 0.25) is 0 Å². The molecule has 0 saturated carbocycles. The number of aliphatic carboxylic acids is 1. The fourth-order valence-electron chi connectivity index (χ4n) is 3.40. The van der Waals surface area contributed by atoms with E-state index in [1.807, 2.05) is 13.8 Å². The fraction of sp³-hybridized carbons (Fsp3) is 0.867. The molecule has 3 N–H and O–H groups in total. The lowest BCUT2D eigenvalue weighted by Crippen LogP contribution is -2.58. The number of carboxylic acid groups (broad SMARTS) is 1. The van der Waals surface area contributed by atoms with Crippen molar-refractivity contribution in [1.82, 2.24) is 15.5 Å². The summed E-state index contributed by atoms with van der Waals surface area (Å²) in [6.45, 7) is 7.37. The van der Waals surface area contributed by atoms with Gasteiger partial charge in [-0.15, -0.1) is 0 Å². The number of nitrogens with zero attached hydrogens (tertiary/aromatic N) is 1. The third-order valence-electron chi connectivity index (χ3n) is 4.59. The highest BCUT2D eigenvalue weighted by Crippen LogP contribution is 2.27. The minimum atomic E-state index is -0.841. The maximum Gasteiger partial charge on any atom is 0.315 e. The predicted molar refractivity (Wildman–Crippen MR) is 80.1 cm³/mol. The van der Waals surface area contributed by atoms with Gasteiger partial charge in [-0.1, -0.05) is 13.8 Å². The van der Waals surface area contributed by atoms with Crippen LogP contribution in [0.15, 0.2) is 0 Å². The molecule has 0 aliphatic carbocycles. The highest BCUT2D eigenvalue weighted by Gasteiger charge is 2.34. The normalized spacial score (nSPS) is 29.2. The number of rotatable bonds is 6. The number of carbonyl (C=O) groups is 2. The van der Waals surface area contributed by atoms with Gasteiger partial charge in [-0.25, -0.2) is 4.79 Å². The lowest BCUT2D eigenvalue weighted by atomic mass is 9.84. The molecule has 2 unspecified atom stereocenters. The van der Waals surface area contributed by atoms with Gasteiger partial charge < -0.3 is 20.6 Å². The molecular formula is C15H27N3O3. The van der Waals surface area contributed by atoms with Crippen LogP contribution in [0.2, 0.25) is 0 Å². The first-order chi connectivity index (χ1) is 9.95. The van der Waals surface area contributed by atoms with Crippen molar-refractivity contribution in [2.45, 2.75) is 39.2 Å². The number of carboxylic acids is 1. The first kappa shape index (κ1) is 16.1. The number of carbonyl (C=O) groups excluding carboxylic acids is 1. The van der Waals surface area contributed by atoms with Gasteiger partial charge in [0.15, 0.2) is 0 Å². The van der Waals surface area contributed by atoms with Crippen molar-refractivity contribution >= 4 is 12.0 Å². The van der Waals surface area contributed by atoms with Crippen LogP contribution >= 0.6 is 0 Å². The van der Waals surface area contributed by atoms with E-state index in [1.54, 1.807) is 0 Å². The number of nitrogens with one attached hydrogen (secondary N) is 2. The van der Waals surface area contributed by atoms with Crippen molar-refractivity contribution < 1.29 is 14.7 Å². The Kier molecular flexibility index (Phi) is 5.45. The van der Waals surface area contributed by atoms with E-state index >= 15 is 0 Å². The second kappa shape index (κ2) is 7.11. The molecule has 6 heteroatoms. The fourth-order valence-corrected chi connectivity index (χ4v) is 3.40. The van der Waals surface area contributed by atoms with Crippen molar-refractivity contribution in [3.63, 3.8) is 0 Å². The molecule has 2 amide bonds. The van der Waals surface area contributed by atoms with Crippen molar-refractivity contribution in [2.75, 3.05) is 26.2 Å². The Balaban J connectivity index is 1.75. The molecule has 0 radical (unpaired) electrons. The third-order valence-corrected chi connectivity index (χ3v) is 4.59. The molecule has 0 aromatic heterocycles. The molecule has 3 heterocycles. The molecule has 3 aliphatic heterocycles. The summed E-state index contributed by atoms with van der Waals surface area (Å²) in [7, 11) is 0. The van der Waals surface area contributed by atoms with Crippen molar-refractivity contribution in [3.05, 3.63) is 0 Å². The topological polar surface area (TPSA) is 81.7 Å². The number of urea groups is 1. The monoisotopic (exact) mass is 297 g/mol. The summed E-state index contributed by atoms with van der Waals surface area (Å²) in [4.78, 5) is 25.5. The number of hydrogen-bond donors (Lipinski definition) is 3. The van der Waals surface area contributed by atoms with E-state index in [4.69, 9.17) is 5.11 Å². The number of fused-ring (bicyclic) bond motifs is 3. The Morgan fingerprint density at radius 3 is 2.43 bits per heavy atom. The molecular weight excluding hydrogens is 270 g/mol. The predicted octanol–water partition coefficient (Wildman–Crippen LogP) is 1.13. The Morgan fingerprint density at radius 1 is 1.29 bits per heavy atom. The van der Waals surface area contributed by atoms with Gasteiger partial charge in [0, 0.05) is 19.1 Å². The van der Waals surface area contributed by atoms with Gasteiger partial charge >= 0.3 is 12.0 Å². The molecule has 2 bridgehead atoms. The standard InChI is InChI=1S/C15H27N3O3/c1-10(2)7-12(14(19)20)8-16-15(21)17-13-9-18-5-3-11(13)4-6-18/h10-13H,3-9H2,1-2H3,(H,19,20)(H2,16,17,21). The highest BCUT2D eigenvalue weighted by atomic mass is 16.4. The van der Waals surface area contributed by atoms with Crippen molar-refractivity contribution in [3.8, 4) is 0 Å². The largest absolute Gasteiger partial charge is 0.481 e. The number of amides is 2. The van der Waals surface area contributed by atoms with Crippen LogP contribution in [0.5, 0.6) is 0 Å². The summed E-state index contributed by atoms with van der Waals surface area (Å²) in [6, 6.07) is -0.0235. The second-order valence-electron chi connectivity index (χ2n) is 6.76. The molecule has 3 fully saturated rings. The van der Waals surface area contributed by atoms with Gasteiger partial charge in [-0.05, 0) is 44.2 Å². The number of piperidine rings is 3. The summed E-state index contributed by atoms with van der Waals surface area (Å²) in [6.07, 6.45) is 2.88. The van der Waals surface area contributed by atoms with Gasteiger partial charge in [-0.2, -0.15) is 0 Å². The second-order valence-corrected chi connectivity index (χ2v) is 6.76. The molecule has 3 rings (SSSR count). The zero-order valence-electron chi connectivity index (χ0n) is 13.0. The zero-order chi connectivity index (χ0) is 15.4. The summed E-state index contributed by atoms with van der Waals surface area (Å²) in [5, 5.41) is 14.9. The van der Waals surface area contributed by atoms with E-state index < -0.39 is 11.9 Å². The molecule has 0 spiro atoms. The van der Waals surface area contributed by atoms with E-state index in [-0.39, 0.29) is 18.6 Å². The van der Waals surface area contributed by atoms with Crippen LogP contribution in [0.4, 0.5) is 4.79 Å². The highest BCUT2D eigenvalue weighted by molar-refractivity contribution is 5.76. The molecule has 0 aromatic rings. The Hall–Kier alpha value is -1.30.